The van der Waals surface area contributed by atoms with E-state index in [1.54, 1.807) is 0 Å². The summed E-state index contributed by atoms with van der Waals surface area (Å²) in [5, 5.41) is 3.36. The number of guanidine groups is 1. The van der Waals surface area contributed by atoms with E-state index in [2.05, 4.69) is 46.7 Å². The SMILES string of the molecule is CCNC(=NCCCCn1ccnc1C)N(C)CCOc1ccccc1C.I. The van der Waals surface area contributed by atoms with E-state index >= 15 is 0 Å². The summed E-state index contributed by atoms with van der Waals surface area (Å²) >= 11 is 0. The summed E-state index contributed by atoms with van der Waals surface area (Å²) in [4.78, 5) is 11.1. The summed E-state index contributed by atoms with van der Waals surface area (Å²) in [6, 6.07) is 8.10. The molecule has 1 N–H and O–H groups in total. The Kier molecular flexibility index (Phi) is 11.6. The summed E-state index contributed by atoms with van der Waals surface area (Å²) < 4.78 is 8.08. The molecule has 1 heterocycles. The Morgan fingerprint density at radius 3 is 2.71 bits per heavy atom. The summed E-state index contributed by atoms with van der Waals surface area (Å²) in [6.07, 6.45) is 6.04. The summed E-state index contributed by atoms with van der Waals surface area (Å²) in [5.41, 5.74) is 1.16. The first-order valence-electron chi connectivity index (χ1n) is 9.77. The van der Waals surface area contributed by atoms with Gasteiger partial charge in [-0.25, -0.2) is 4.98 Å². The monoisotopic (exact) mass is 499 g/mol. The van der Waals surface area contributed by atoms with Crippen LogP contribution in [0.2, 0.25) is 0 Å². The molecule has 6 nitrogen and oxygen atoms in total. The van der Waals surface area contributed by atoms with Crippen LogP contribution in [0.4, 0.5) is 0 Å². The number of hydrogen-bond acceptors (Lipinski definition) is 3. The number of likely N-dealkylation sites (N-methyl/N-ethyl adjacent to an activating group) is 1. The maximum absolute atomic E-state index is 5.90. The van der Waals surface area contributed by atoms with Gasteiger partial charge in [0.25, 0.3) is 0 Å². The normalized spacial score (nSPS) is 11.1. The summed E-state index contributed by atoms with van der Waals surface area (Å²) in [5.74, 6) is 2.95. The van der Waals surface area contributed by atoms with Gasteiger partial charge >= 0.3 is 0 Å². The molecule has 1 aromatic heterocycles. The Morgan fingerprint density at radius 2 is 2.04 bits per heavy atom. The number of hydrogen-bond donors (Lipinski definition) is 1. The minimum absolute atomic E-state index is 0. The van der Waals surface area contributed by atoms with Gasteiger partial charge in [0, 0.05) is 39.1 Å². The van der Waals surface area contributed by atoms with Crippen LogP contribution in [0.5, 0.6) is 5.75 Å². The first-order valence-corrected chi connectivity index (χ1v) is 9.77. The molecule has 0 amide bonds. The molecule has 0 radical (unpaired) electrons. The lowest BCUT2D eigenvalue weighted by Crippen LogP contribution is -2.41. The van der Waals surface area contributed by atoms with Gasteiger partial charge in [-0.05, 0) is 45.2 Å². The van der Waals surface area contributed by atoms with E-state index < -0.39 is 0 Å². The number of ether oxygens (including phenoxy) is 1. The predicted octanol–water partition coefficient (Wildman–Crippen LogP) is 3.87. The highest BCUT2D eigenvalue weighted by Crippen LogP contribution is 2.15. The third-order valence-electron chi connectivity index (χ3n) is 4.47. The van der Waals surface area contributed by atoms with Crippen molar-refractivity contribution in [3.05, 3.63) is 48.0 Å². The highest BCUT2D eigenvalue weighted by Gasteiger charge is 2.06. The number of halogens is 1. The molecule has 0 bridgehead atoms. The van der Waals surface area contributed by atoms with Crippen molar-refractivity contribution in [3.8, 4) is 5.75 Å². The van der Waals surface area contributed by atoms with Crippen molar-refractivity contribution in [1.82, 2.24) is 19.8 Å². The molecule has 7 heteroatoms. The van der Waals surface area contributed by atoms with Crippen LogP contribution in [-0.2, 0) is 6.54 Å². The number of aliphatic imine (C=N–C) groups is 1. The predicted molar refractivity (Wildman–Crippen MR) is 127 cm³/mol. The van der Waals surface area contributed by atoms with E-state index in [9.17, 15) is 0 Å². The fourth-order valence-electron chi connectivity index (χ4n) is 2.81. The topological polar surface area (TPSA) is 54.7 Å². The van der Waals surface area contributed by atoms with Crippen molar-refractivity contribution in [2.45, 2.75) is 40.2 Å². The number of aryl methyl sites for hydroxylation is 3. The van der Waals surface area contributed by atoms with Crippen LogP contribution >= 0.6 is 24.0 Å². The molecule has 0 aliphatic rings. The third-order valence-corrected chi connectivity index (χ3v) is 4.47. The third kappa shape index (κ3) is 8.08. The average molecular weight is 499 g/mol. The Hall–Kier alpha value is -1.77. The lowest BCUT2D eigenvalue weighted by atomic mass is 10.2. The van der Waals surface area contributed by atoms with Crippen LogP contribution in [0, 0.1) is 13.8 Å². The van der Waals surface area contributed by atoms with E-state index in [-0.39, 0.29) is 24.0 Å². The van der Waals surface area contributed by atoms with Crippen molar-refractivity contribution >= 4 is 29.9 Å². The van der Waals surface area contributed by atoms with Crippen molar-refractivity contribution in [2.75, 3.05) is 33.3 Å². The van der Waals surface area contributed by atoms with Gasteiger partial charge in [-0.15, -0.1) is 24.0 Å². The highest BCUT2D eigenvalue weighted by molar-refractivity contribution is 14.0. The van der Waals surface area contributed by atoms with Gasteiger partial charge in [0.2, 0.25) is 0 Å². The largest absolute Gasteiger partial charge is 0.491 e. The number of nitrogens with one attached hydrogen (secondary N) is 1. The summed E-state index contributed by atoms with van der Waals surface area (Å²) in [7, 11) is 2.05. The van der Waals surface area contributed by atoms with Crippen molar-refractivity contribution in [3.63, 3.8) is 0 Å². The Morgan fingerprint density at radius 1 is 1.25 bits per heavy atom. The summed E-state index contributed by atoms with van der Waals surface area (Å²) in [6.45, 7) is 10.3. The van der Waals surface area contributed by atoms with Crippen LogP contribution < -0.4 is 10.1 Å². The molecule has 0 unspecified atom stereocenters. The molecule has 1 aromatic carbocycles. The van der Waals surface area contributed by atoms with Crippen LogP contribution in [0.15, 0.2) is 41.7 Å². The van der Waals surface area contributed by atoms with E-state index in [1.807, 2.05) is 37.5 Å². The van der Waals surface area contributed by atoms with Crippen LogP contribution in [0.25, 0.3) is 0 Å². The van der Waals surface area contributed by atoms with Crippen LogP contribution in [-0.4, -0.2) is 53.7 Å². The molecule has 28 heavy (non-hydrogen) atoms. The van der Waals surface area contributed by atoms with Crippen molar-refractivity contribution < 1.29 is 4.74 Å². The molecular formula is C21H34IN5O. The second-order valence-corrected chi connectivity index (χ2v) is 6.65. The number of unbranched alkanes of at least 4 members (excludes halogenated alkanes) is 1. The zero-order valence-electron chi connectivity index (χ0n) is 17.5. The Bertz CT molecular complexity index is 716. The van der Waals surface area contributed by atoms with Gasteiger partial charge in [-0.1, -0.05) is 18.2 Å². The minimum atomic E-state index is 0. The molecule has 2 aromatic rings. The van der Waals surface area contributed by atoms with Gasteiger partial charge in [-0.2, -0.15) is 0 Å². The lowest BCUT2D eigenvalue weighted by molar-refractivity contribution is 0.280. The molecule has 0 atom stereocenters. The molecule has 0 spiro atoms. The van der Waals surface area contributed by atoms with Gasteiger partial charge in [0.1, 0.15) is 18.2 Å². The standard InChI is InChI=1S/C21H33N5O.HI/c1-5-22-21(24-12-8-9-14-26-15-13-23-19(26)3)25(4)16-17-27-20-11-7-6-10-18(20)2;/h6-7,10-11,13,15H,5,8-9,12,14,16-17H2,1-4H3,(H,22,24);1H. The van der Waals surface area contributed by atoms with E-state index in [0.29, 0.717) is 6.61 Å². The maximum atomic E-state index is 5.90. The molecule has 0 saturated carbocycles. The first-order chi connectivity index (χ1) is 13.1. The number of nitrogens with zero attached hydrogens (tertiary/aromatic N) is 4. The number of aromatic nitrogens is 2. The van der Waals surface area contributed by atoms with Crippen LogP contribution in [0.1, 0.15) is 31.2 Å². The zero-order chi connectivity index (χ0) is 19.5. The van der Waals surface area contributed by atoms with Gasteiger partial charge < -0.3 is 19.5 Å². The van der Waals surface area contributed by atoms with Gasteiger partial charge in [0.15, 0.2) is 5.96 Å². The smallest absolute Gasteiger partial charge is 0.193 e. The second-order valence-electron chi connectivity index (χ2n) is 6.65. The van der Waals surface area contributed by atoms with Gasteiger partial charge in [-0.3, -0.25) is 4.99 Å². The van der Waals surface area contributed by atoms with Crippen molar-refractivity contribution in [1.29, 1.82) is 0 Å². The minimum Gasteiger partial charge on any atom is -0.491 e. The lowest BCUT2D eigenvalue weighted by Gasteiger charge is -2.22. The molecule has 2 rings (SSSR count). The fourth-order valence-corrected chi connectivity index (χ4v) is 2.81. The molecule has 0 aliphatic carbocycles. The Balaban J connectivity index is 0.00000392. The molecule has 156 valence electrons. The van der Waals surface area contributed by atoms with Crippen molar-refractivity contribution in [2.24, 2.45) is 4.99 Å². The molecule has 0 saturated heterocycles. The van der Waals surface area contributed by atoms with Gasteiger partial charge in [0.05, 0.1) is 6.54 Å². The number of imidazole rings is 1. The maximum Gasteiger partial charge on any atom is 0.193 e. The second kappa shape index (κ2) is 13.4. The van der Waals surface area contributed by atoms with E-state index in [1.165, 1.54) is 0 Å². The number of para-hydroxylation sites is 1. The zero-order valence-corrected chi connectivity index (χ0v) is 19.8. The fraction of sp³-hybridized carbons (Fsp3) is 0.524. The number of rotatable bonds is 10. The Labute approximate surface area is 186 Å². The van der Waals surface area contributed by atoms with E-state index in [0.717, 1.165) is 62.1 Å². The molecule has 0 aliphatic heterocycles. The van der Waals surface area contributed by atoms with E-state index in [4.69, 9.17) is 9.73 Å². The first kappa shape index (κ1) is 24.3. The quantitative estimate of drug-likeness (QED) is 0.234. The molecular weight excluding hydrogens is 465 g/mol. The van der Waals surface area contributed by atoms with Crippen LogP contribution in [0.3, 0.4) is 0 Å². The highest BCUT2D eigenvalue weighted by atomic mass is 127. The number of benzene rings is 1. The molecule has 0 fully saturated rings. The average Bonchev–Trinajstić information content (AvgIpc) is 3.07.